The quantitative estimate of drug-likeness (QED) is 0.700. The van der Waals surface area contributed by atoms with Gasteiger partial charge in [-0.1, -0.05) is 15.9 Å². The monoisotopic (exact) mass is 325 g/mol. The van der Waals surface area contributed by atoms with Crippen LogP contribution in [0.5, 0.6) is 0 Å². The Morgan fingerprint density at radius 1 is 1.47 bits per heavy atom. The van der Waals surface area contributed by atoms with Gasteiger partial charge >= 0.3 is 6.03 Å². The Balaban J connectivity index is 2.09. The maximum Gasteiger partial charge on any atom is 0.319 e. The van der Waals surface area contributed by atoms with Gasteiger partial charge in [-0.3, -0.25) is 0 Å². The van der Waals surface area contributed by atoms with E-state index in [9.17, 15) is 9.90 Å². The molecule has 0 spiro atoms. The van der Waals surface area contributed by atoms with Crippen molar-refractivity contribution in [1.29, 1.82) is 0 Å². The molecule has 0 aliphatic carbocycles. The number of fused-ring (bicyclic) bond motifs is 1. The van der Waals surface area contributed by atoms with E-state index in [0.29, 0.717) is 5.69 Å². The van der Waals surface area contributed by atoms with E-state index in [2.05, 4.69) is 31.5 Å². The fraction of sp³-hybridized carbons (Fsp3) is 0.308. The van der Waals surface area contributed by atoms with Crippen LogP contribution in [-0.4, -0.2) is 28.3 Å². The molecule has 5 nitrogen and oxygen atoms in total. The molecule has 102 valence electrons. The number of nitrogens with one attached hydrogen (secondary N) is 3. The van der Waals surface area contributed by atoms with E-state index in [1.807, 2.05) is 18.2 Å². The molecule has 0 saturated heterocycles. The number of benzene rings is 1. The van der Waals surface area contributed by atoms with Gasteiger partial charge < -0.3 is 20.7 Å². The van der Waals surface area contributed by atoms with Crippen LogP contribution in [0.1, 0.15) is 13.8 Å². The third-order valence-electron chi connectivity index (χ3n) is 2.57. The summed E-state index contributed by atoms with van der Waals surface area (Å²) in [5.41, 5.74) is 0.714. The van der Waals surface area contributed by atoms with Crippen LogP contribution < -0.4 is 10.6 Å². The molecule has 2 rings (SSSR count). The largest absolute Gasteiger partial charge is 0.389 e. The minimum atomic E-state index is -0.930. The normalized spacial score (nSPS) is 11.6. The number of aliphatic hydroxyl groups is 1. The molecule has 0 aliphatic rings. The Kier molecular flexibility index (Phi) is 3.82. The molecule has 0 bridgehead atoms. The molecular weight excluding hydrogens is 310 g/mol. The molecule has 4 N–H and O–H groups in total. The summed E-state index contributed by atoms with van der Waals surface area (Å²) in [5.74, 6) is 0. The first kappa shape index (κ1) is 13.9. The fourth-order valence-electron chi connectivity index (χ4n) is 1.66. The minimum Gasteiger partial charge on any atom is -0.389 e. The smallest absolute Gasteiger partial charge is 0.319 e. The van der Waals surface area contributed by atoms with Crippen molar-refractivity contribution in [2.75, 3.05) is 11.9 Å². The third-order valence-corrected chi connectivity index (χ3v) is 3.07. The summed E-state index contributed by atoms with van der Waals surface area (Å²) in [7, 11) is 0. The van der Waals surface area contributed by atoms with Crippen molar-refractivity contribution in [3.63, 3.8) is 0 Å². The van der Waals surface area contributed by atoms with Crippen LogP contribution in [0.4, 0.5) is 10.5 Å². The summed E-state index contributed by atoms with van der Waals surface area (Å²) >= 11 is 3.40. The van der Waals surface area contributed by atoms with Crippen LogP contribution >= 0.6 is 15.9 Å². The summed E-state index contributed by atoms with van der Waals surface area (Å²) in [5, 5.41) is 15.8. The number of aromatic amines is 1. The number of hydrogen-bond acceptors (Lipinski definition) is 2. The van der Waals surface area contributed by atoms with Crippen LogP contribution in [-0.2, 0) is 0 Å². The van der Waals surface area contributed by atoms with Crippen LogP contribution in [0.2, 0.25) is 0 Å². The summed E-state index contributed by atoms with van der Waals surface area (Å²) in [6.07, 6.45) is 1.74. The number of anilines is 1. The Hall–Kier alpha value is -1.53. The molecule has 0 fully saturated rings. The SMILES string of the molecule is CC(C)(O)CNC(=O)Nc1c[nH]c2ccc(Br)cc12. The second kappa shape index (κ2) is 5.22. The molecule has 0 aliphatic heterocycles. The van der Waals surface area contributed by atoms with Crippen molar-refractivity contribution < 1.29 is 9.90 Å². The number of H-pyrrole nitrogens is 1. The van der Waals surface area contributed by atoms with Crippen molar-refractivity contribution in [1.82, 2.24) is 10.3 Å². The van der Waals surface area contributed by atoms with Crippen molar-refractivity contribution in [3.8, 4) is 0 Å². The zero-order valence-electron chi connectivity index (χ0n) is 10.7. The molecule has 0 atom stereocenters. The van der Waals surface area contributed by atoms with Crippen LogP contribution in [0, 0.1) is 0 Å². The Labute approximate surface area is 119 Å². The van der Waals surface area contributed by atoms with Gasteiger partial charge in [0, 0.05) is 28.1 Å². The lowest BCUT2D eigenvalue weighted by atomic mass is 10.1. The lowest BCUT2D eigenvalue weighted by Gasteiger charge is -2.17. The predicted octanol–water partition coefficient (Wildman–Crippen LogP) is 2.82. The Morgan fingerprint density at radius 3 is 2.89 bits per heavy atom. The van der Waals surface area contributed by atoms with Gasteiger partial charge in [-0.2, -0.15) is 0 Å². The molecule has 1 aromatic heterocycles. The average molecular weight is 326 g/mol. The predicted molar refractivity (Wildman–Crippen MR) is 79.3 cm³/mol. The second-order valence-corrected chi connectivity index (χ2v) is 5.93. The topological polar surface area (TPSA) is 77.2 Å². The minimum absolute atomic E-state index is 0.185. The second-order valence-electron chi connectivity index (χ2n) is 5.01. The van der Waals surface area contributed by atoms with Gasteiger partial charge in [-0.25, -0.2) is 4.79 Å². The van der Waals surface area contributed by atoms with E-state index in [0.717, 1.165) is 15.4 Å². The number of amides is 2. The molecular formula is C13H16BrN3O2. The highest BCUT2D eigenvalue weighted by Crippen LogP contribution is 2.26. The molecule has 0 saturated carbocycles. The van der Waals surface area contributed by atoms with Gasteiger partial charge in [0.25, 0.3) is 0 Å². The summed E-state index contributed by atoms with van der Waals surface area (Å²) in [6.45, 7) is 3.46. The molecule has 0 radical (unpaired) electrons. The van der Waals surface area contributed by atoms with Crippen LogP contribution in [0.25, 0.3) is 10.9 Å². The highest BCUT2D eigenvalue weighted by Gasteiger charge is 2.14. The number of hydrogen-bond donors (Lipinski definition) is 4. The number of rotatable bonds is 3. The van der Waals surface area contributed by atoms with E-state index >= 15 is 0 Å². The first-order valence-corrected chi connectivity index (χ1v) is 6.68. The molecule has 19 heavy (non-hydrogen) atoms. The standard InChI is InChI=1S/C13H16BrN3O2/c1-13(2,19)7-16-12(18)17-11-6-15-10-4-3-8(14)5-9(10)11/h3-6,15,19H,7H2,1-2H3,(H2,16,17,18). The van der Waals surface area contributed by atoms with E-state index < -0.39 is 5.60 Å². The number of carbonyl (C=O) groups is 1. The fourth-order valence-corrected chi connectivity index (χ4v) is 2.02. The van der Waals surface area contributed by atoms with Gasteiger partial charge in [0.2, 0.25) is 0 Å². The molecule has 1 aromatic carbocycles. The zero-order chi connectivity index (χ0) is 14.0. The summed E-state index contributed by atoms with van der Waals surface area (Å²) in [6, 6.07) is 5.44. The van der Waals surface area contributed by atoms with E-state index in [1.54, 1.807) is 20.0 Å². The van der Waals surface area contributed by atoms with Crippen molar-refractivity contribution in [2.24, 2.45) is 0 Å². The molecule has 1 heterocycles. The Bertz CT molecular complexity index is 601. The van der Waals surface area contributed by atoms with Gasteiger partial charge in [0.05, 0.1) is 11.3 Å². The highest BCUT2D eigenvalue weighted by molar-refractivity contribution is 9.10. The van der Waals surface area contributed by atoms with Crippen molar-refractivity contribution in [2.45, 2.75) is 19.4 Å². The average Bonchev–Trinajstić information content (AvgIpc) is 2.68. The van der Waals surface area contributed by atoms with Crippen molar-refractivity contribution in [3.05, 3.63) is 28.9 Å². The number of urea groups is 1. The lowest BCUT2D eigenvalue weighted by Crippen LogP contribution is -2.40. The number of aromatic nitrogens is 1. The first-order chi connectivity index (χ1) is 8.85. The highest BCUT2D eigenvalue weighted by atomic mass is 79.9. The first-order valence-electron chi connectivity index (χ1n) is 5.89. The maximum atomic E-state index is 11.7. The van der Waals surface area contributed by atoms with Gasteiger partial charge in [-0.05, 0) is 32.0 Å². The van der Waals surface area contributed by atoms with Gasteiger partial charge in [0.1, 0.15) is 0 Å². The van der Waals surface area contributed by atoms with Crippen LogP contribution in [0.3, 0.4) is 0 Å². The van der Waals surface area contributed by atoms with Crippen LogP contribution in [0.15, 0.2) is 28.9 Å². The zero-order valence-corrected chi connectivity index (χ0v) is 12.3. The number of halogens is 1. The van der Waals surface area contributed by atoms with E-state index in [1.165, 1.54) is 0 Å². The van der Waals surface area contributed by atoms with Crippen molar-refractivity contribution >= 4 is 38.6 Å². The third kappa shape index (κ3) is 3.71. The summed E-state index contributed by atoms with van der Waals surface area (Å²) in [4.78, 5) is 14.8. The molecule has 2 amide bonds. The number of carbonyl (C=O) groups excluding carboxylic acids is 1. The molecule has 2 aromatic rings. The lowest BCUT2D eigenvalue weighted by molar-refractivity contribution is 0.0826. The summed E-state index contributed by atoms with van der Waals surface area (Å²) < 4.78 is 0.944. The van der Waals surface area contributed by atoms with Gasteiger partial charge in [0.15, 0.2) is 0 Å². The molecule has 0 unspecified atom stereocenters. The van der Waals surface area contributed by atoms with E-state index in [4.69, 9.17) is 0 Å². The van der Waals surface area contributed by atoms with Gasteiger partial charge in [-0.15, -0.1) is 0 Å². The maximum absolute atomic E-state index is 11.7. The molecule has 6 heteroatoms. The Morgan fingerprint density at radius 2 is 2.21 bits per heavy atom. The van der Waals surface area contributed by atoms with E-state index in [-0.39, 0.29) is 12.6 Å².